The minimum Gasteiger partial charge on any atom is -0.314 e. The predicted molar refractivity (Wildman–Crippen MR) is 81.5 cm³/mol. The highest BCUT2D eigenvalue weighted by atomic mass is 32.1. The third kappa shape index (κ3) is 4.40. The average molecular weight is 265 g/mol. The maximum Gasteiger partial charge on any atom is 0.00774 e. The van der Waals surface area contributed by atoms with Crippen molar-refractivity contribution >= 4 is 11.3 Å². The Morgan fingerprint density at radius 2 is 2.00 bits per heavy atom. The maximum absolute atomic E-state index is 3.63. The summed E-state index contributed by atoms with van der Waals surface area (Å²) in [7, 11) is 0. The van der Waals surface area contributed by atoms with Crippen LogP contribution in [0.5, 0.6) is 0 Å². The lowest BCUT2D eigenvalue weighted by molar-refractivity contribution is 0.302. The molecule has 1 aromatic heterocycles. The lowest BCUT2D eigenvalue weighted by Crippen LogP contribution is -2.24. The number of hydrogen-bond acceptors (Lipinski definition) is 2. The molecule has 1 N–H and O–H groups in total. The van der Waals surface area contributed by atoms with E-state index in [0.717, 1.165) is 6.04 Å². The summed E-state index contributed by atoms with van der Waals surface area (Å²) in [5, 5.41) is 3.63. The van der Waals surface area contributed by atoms with E-state index < -0.39 is 0 Å². The molecule has 1 aromatic rings. The van der Waals surface area contributed by atoms with Crippen molar-refractivity contribution < 1.29 is 0 Å². The first-order chi connectivity index (χ1) is 8.46. The van der Waals surface area contributed by atoms with Gasteiger partial charge in [0.2, 0.25) is 0 Å². The van der Waals surface area contributed by atoms with Crippen molar-refractivity contribution in [3.05, 3.63) is 21.4 Å². The molecule has 2 rings (SSSR count). The summed E-state index contributed by atoms with van der Waals surface area (Å²) in [5.74, 6) is 0. The van der Waals surface area contributed by atoms with Gasteiger partial charge in [0.15, 0.2) is 0 Å². The molecule has 0 aliphatic heterocycles. The Morgan fingerprint density at radius 3 is 2.56 bits per heavy atom. The molecule has 1 nitrogen and oxygen atoms in total. The Balaban J connectivity index is 1.74. The van der Waals surface area contributed by atoms with Gasteiger partial charge in [0.25, 0.3) is 0 Å². The van der Waals surface area contributed by atoms with Gasteiger partial charge in [0.1, 0.15) is 0 Å². The van der Waals surface area contributed by atoms with Gasteiger partial charge in [0.05, 0.1) is 0 Å². The van der Waals surface area contributed by atoms with E-state index in [1.54, 1.807) is 4.88 Å². The van der Waals surface area contributed by atoms with Crippen molar-refractivity contribution in [1.82, 2.24) is 5.32 Å². The molecule has 2 heteroatoms. The summed E-state index contributed by atoms with van der Waals surface area (Å²) < 4.78 is 0. The molecule has 0 amide bonds. The number of thiophene rings is 1. The molecule has 0 radical (unpaired) electrons. The molecule has 1 fully saturated rings. The zero-order valence-corrected chi connectivity index (χ0v) is 13.1. The lowest BCUT2D eigenvalue weighted by atomic mass is 9.84. The van der Waals surface area contributed by atoms with Gasteiger partial charge in [-0.15, -0.1) is 11.3 Å². The van der Waals surface area contributed by atoms with E-state index in [1.165, 1.54) is 49.1 Å². The van der Waals surface area contributed by atoms with E-state index in [4.69, 9.17) is 0 Å². The largest absolute Gasteiger partial charge is 0.314 e. The molecule has 102 valence electrons. The molecule has 18 heavy (non-hydrogen) atoms. The predicted octanol–water partition coefficient (Wildman–Crippen LogP) is 4.47. The summed E-state index contributed by atoms with van der Waals surface area (Å²) in [5.41, 5.74) is 1.95. The fourth-order valence-electron chi connectivity index (χ4n) is 2.42. The van der Waals surface area contributed by atoms with Crippen LogP contribution in [0.3, 0.4) is 0 Å². The maximum atomic E-state index is 3.63. The first-order valence-electron chi connectivity index (χ1n) is 7.25. The van der Waals surface area contributed by atoms with Crippen LogP contribution in [0.1, 0.15) is 54.8 Å². The second-order valence-electron chi connectivity index (χ2n) is 6.61. The van der Waals surface area contributed by atoms with Gasteiger partial charge in [-0.3, -0.25) is 0 Å². The van der Waals surface area contributed by atoms with Crippen LogP contribution in [0.15, 0.2) is 6.07 Å². The van der Waals surface area contributed by atoms with Crippen molar-refractivity contribution in [2.24, 2.45) is 5.41 Å². The van der Waals surface area contributed by atoms with Gasteiger partial charge >= 0.3 is 0 Å². The first kappa shape index (κ1) is 14.1. The van der Waals surface area contributed by atoms with E-state index in [0.29, 0.717) is 5.41 Å². The van der Waals surface area contributed by atoms with Crippen molar-refractivity contribution in [1.29, 1.82) is 0 Å². The molecule has 0 bridgehead atoms. The molecule has 1 heterocycles. The Labute approximate surface area is 116 Å². The molecule has 0 spiro atoms. The molecule has 0 saturated heterocycles. The summed E-state index contributed by atoms with van der Waals surface area (Å²) >= 11 is 1.98. The van der Waals surface area contributed by atoms with Gasteiger partial charge in [-0.1, -0.05) is 13.8 Å². The highest BCUT2D eigenvalue weighted by molar-refractivity contribution is 7.12. The number of nitrogens with one attached hydrogen (secondary N) is 1. The van der Waals surface area contributed by atoms with E-state index in [1.807, 2.05) is 11.3 Å². The van der Waals surface area contributed by atoms with Crippen LogP contribution < -0.4 is 5.32 Å². The van der Waals surface area contributed by atoms with Crippen LogP contribution in [0.4, 0.5) is 0 Å². The van der Waals surface area contributed by atoms with E-state index in [-0.39, 0.29) is 0 Å². The normalized spacial score (nSPS) is 16.2. The van der Waals surface area contributed by atoms with Gasteiger partial charge in [-0.05, 0) is 69.5 Å². The Hall–Kier alpha value is -0.340. The average Bonchev–Trinajstić information content (AvgIpc) is 3.02. The highest BCUT2D eigenvalue weighted by Gasteiger charge is 2.23. The SMILES string of the molecule is Cc1cc(C)c(CCC(C)(C)CCNC2CC2)s1. The zero-order valence-electron chi connectivity index (χ0n) is 12.3. The summed E-state index contributed by atoms with van der Waals surface area (Å²) in [6.45, 7) is 10.5. The summed E-state index contributed by atoms with van der Waals surface area (Å²) in [6.07, 6.45) is 6.65. The molecule has 1 aliphatic carbocycles. The topological polar surface area (TPSA) is 12.0 Å². The van der Waals surface area contributed by atoms with Gasteiger partial charge in [0, 0.05) is 15.8 Å². The van der Waals surface area contributed by atoms with Crippen LogP contribution in [0.2, 0.25) is 0 Å². The first-order valence-corrected chi connectivity index (χ1v) is 8.07. The number of aryl methyl sites for hydroxylation is 3. The highest BCUT2D eigenvalue weighted by Crippen LogP contribution is 2.30. The summed E-state index contributed by atoms with van der Waals surface area (Å²) in [6, 6.07) is 3.17. The van der Waals surface area contributed by atoms with Gasteiger partial charge in [-0.2, -0.15) is 0 Å². The minimum atomic E-state index is 0.465. The van der Waals surface area contributed by atoms with Crippen LogP contribution >= 0.6 is 11.3 Å². The van der Waals surface area contributed by atoms with Crippen LogP contribution in [0, 0.1) is 19.3 Å². The van der Waals surface area contributed by atoms with Gasteiger partial charge < -0.3 is 5.32 Å². The van der Waals surface area contributed by atoms with Crippen LogP contribution in [-0.4, -0.2) is 12.6 Å². The van der Waals surface area contributed by atoms with E-state index >= 15 is 0 Å². The third-order valence-corrected chi connectivity index (χ3v) is 5.20. The third-order valence-electron chi connectivity index (χ3n) is 3.98. The Kier molecular flexibility index (Phi) is 4.50. The quantitative estimate of drug-likeness (QED) is 0.767. The molecule has 0 atom stereocenters. The van der Waals surface area contributed by atoms with Crippen molar-refractivity contribution in [2.75, 3.05) is 6.54 Å². The van der Waals surface area contributed by atoms with Crippen molar-refractivity contribution in [2.45, 2.75) is 65.8 Å². The van der Waals surface area contributed by atoms with Crippen molar-refractivity contribution in [3.63, 3.8) is 0 Å². The number of hydrogen-bond donors (Lipinski definition) is 1. The summed E-state index contributed by atoms with van der Waals surface area (Å²) in [4.78, 5) is 3.05. The van der Waals surface area contributed by atoms with E-state index in [9.17, 15) is 0 Å². The Bertz CT molecular complexity index is 388. The Morgan fingerprint density at radius 1 is 1.28 bits per heavy atom. The smallest absolute Gasteiger partial charge is 0.00774 e. The fraction of sp³-hybridized carbons (Fsp3) is 0.750. The van der Waals surface area contributed by atoms with Gasteiger partial charge in [-0.25, -0.2) is 0 Å². The molecule has 0 unspecified atom stereocenters. The molecular weight excluding hydrogens is 238 g/mol. The molecular formula is C16H27NS. The fourth-order valence-corrected chi connectivity index (χ4v) is 3.47. The lowest BCUT2D eigenvalue weighted by Gasteiger charge is -2.24. The zero-order chi connectivity index (χ0) is 13.2. The monoisotopic (exact) mass is 265 g/mol. The second-order valence-corrected chi connectivity index (χ2v) is 7.95. The molecule has 1 saturated carbocycles. The second kappa shape index (κ2) is 5.75. The molecule has 1 aliphatic rings. The number of rotatable bonds is 7. The minimum absolute atomic E-state index is 0.465. The van der Waals surface area contributed by atoms with Crippen LogP contribution in [0.25, 0.3) is 0 Å². The standard InChI is InChI=1S/C16H27NS/c1-12-11-13(2)18-15(12)7-8-16(3,4)9-10-17-14-5-6-14/h11,14,17H,5-10H2,1-4H3. The molecule has 0 aromatic carbocycles. The van der Waals surface area contributed by atoms with Crippen LogP contribution in [-0.2, 0) is 6.42 Å². The van der Waals surface area contributed by atoms with Crippen molar-refractivity contribution in [3.8, 4) is 0 Å². The van der Waals surface area contributed by atoms with E-state index in [2.05, 4.69) is 39.1 Å².